The van der Waals surface area contributed by atoms with E-state index >= 15 is 0 Å². The summed E-state index contributed by atoms with van der Waals surface area (Å²) in [6, 6.07) is 12.1. The van der Waals surface area contributed by atoms with E-state index in [0.29, 0.717) is 0 Å². The van der Waals surface area contributed by atoms with Crippen LogP contribution in [-0.2, 0) is 0 Å². The third-order valence-electron chi connectivity index (χ3n) is 1.93. The Morgan fingerprint density at radius 3 is 2.21 bits per heavy atom. The molecule has 0 radical (unpaired) electrons. The van der Waals surface area contributed by atoms with Crippen molar-refractivity contribution in [3.63, 3.8) is 0 Å². The number of aryl methyl sites for hydroxylation is 1. The van der Waals surface area contributed by atoms with Crippen molar-refractivity contribution in [3.05, 3.63) is 48.2 Å². The van der Waals surface area contributed by atoms with Crippen LogP contribution in [0.25, 0.3) is 11.3 Å². The van der Waals surface area contributed by atoms with Gasteiger partial charge < -0.3 is 4.42 Å². The maximum atomic E-state index is 5.30. The zero-order valence-electron chi connectivity index (χ0n) is 8.95. The predicted octanol–water partition coefficient (Wildman–Crippen LogP) is 4.28. The van der Waals surface area contributed by atoms with Crippen LogP contribution in [0.15, 0.2) is 47.1 Å². The third-order valence-corrected chi connectivity index (χ3v) is 1.93. The molecule has 1 heteroatoms. The Labute approximate surface area is 85.4 Å². The summed E-state index contributed by atoms with van der Waals surface area (Å²) < 4.78 is 5.30. The molecule has 0 unspecified atom stereocenters. The lowest BCUT2D eigenvalue weighted by Crippen LogP contribution is -1.78. The second-order valence-corrected chi connectivity index (χ2v) is 2.79. The maximum Gasteiger partial charge on any atom is 0.134 e. The predicted molar refractivity (Wildman–Crippen MR) is 60.2 cm³/mol. The number of hydrogen-bond acceptors (Lipinski definition) is 1. The summed E-state index contributed by atoms with van der Waals surface area (Å²) in [6.45, 7) is 6.08. The van der Waals surface area contributed by atoms with Crippen LogP contribution in [0.5, 0.6) is 0 Å². The molecule has 1 nitrogen and oxygen atoms in total. The van der Waals surface area contributed by atoms with Crippen LogP contribution < -0.4 is 0 Å². The fraction of sp³-hybridized carbons (Fsp3) is 0.231. The van der Waals surface area contributed by atoms with E-state index in [0.717, 1.165) is 5.76 Å². The van der Waals surface area contributed by atoms with E-state index < -0.39 is 0 Å². The molecule has 0 saturated heterocycles. The van der Waals surface area contributed by atoms with Gasteiger partial charge in [0.2, 0.25) is 0 Å². The number of hydrogen-bond donors (Lipinski definition) is 0. The molecule has 2 aromatic rings. The van der Waals surface area contributed by atoms with Crippen molar-refractivity contribution in [3.8, 4) is 11.3 Å². The Bertz CT molecular complexity index is 360. The molecule has 14 heavy (non-hydrogen) atoms. The summed E-state index contributed by atoms with van der Waals surface area (Å²) in [4.78, 5) is 0. The Balaban J connectivity index is 0.000000461. The molecular weight excluding hydrogens is 172 g/mol. The number of rotatable bonds is 1. The van der Waals surface area contributed by atoms with E-state index in [1.165, 1.54) is 11.1 Å². The van der Waals surface area contributed by atoms with Crippen molar-refractivity contribution in [2.75, 3.05) is 0 Å². The van der Waals surface area contributed by atoms with Gasteiger partial charge in [-0.3, -0.25) is 0 Å². The average Bonchev–Trinajstić information content (AvgIpc) is 2.75. The van der Waals surface area contributed by atoms with Gasteiger partial charge in [-0.15, -0.1) is 0 Å². The smallest absolute Gasteiger partial charge is 0.134 e. The minimum Gasteiger partial charge on any atom is -0.464 e. The van der Waals surface area contributed by atoms with E-state index in [1.54, 1.807) is 6.26 Å². The second-order valence-electron chi connectivity index (χ2n) is 2.79. The number of furan rings is 1. The fourth-order valence-electron chi connectivity index (χ4n) is 1.28. The van der Waals surface area contributed by atoms with Gasteiger partial charge in [0.25, 0.3) is 0 Å². The van der Waals surface area contributed by atoms with Crippen molar-refractivity contribution in [1.82, 2.24) is 0 Å². The molecule has 0 bridgehead atoms. The molecule has 1 aromatic heterocycles. The van der Waals surface area contributed by atoms with E-state index in [1.807, 2.05) is 38.1 Å². The molecule has 0 aliphatic carbocycles. The first-order valence-corrected chi connectivity index (χ1v) is 4.97. The van der Waals surface area contributed by atoms with Gasteiger partial charge in [-0.2, -0.15) is 0 Å². The minimum atomic E-state index is 0.938. The highest BCUT2D eigenvalue weighted by atomic mass is 16.3. The summed E-state index contributed by atoms with van der Waals surface area (Å²) in [5, 5.41) is 0. The Morgan fingerprint density at radius 1 is 0.929 bits per heavy atom. The molecule has 0 fully saturated rings. The van der Waals surface area contributed by atoms with E-state index in [-0.39, 0.29) is 0 Å². The zero-order valence-corrected chi connectivity index (χ0v) is 8.95. The van der Waals surface area contributed by atoms with Gasteiger partial charge in [0.05, 0.1) is 6.26 Å². The van der Waals surface area contributed by atoms with Gasteiger partial charge in [0, 0.05) is 5.56 Å². The first kappa shape index (κ1) is 10.6. The van der Waals surface area contributed by atoms with E-state index in [9.17, 15) is 0 Å². The summed E-state index contributed by atoms with van der Waals surface area (Å²) in [5.41, 5.74) is 2.41. The van der Waals surface area contributed by atoms with Crippen LogP contribution in [0.1, 0.15) is 19.4 Å². The largest absolute Gasteiger partial charge is 0.464 e. The monoisotopic (exact) mass is 188 g/mol. The van der Waals surface area contributed by atoms with Crippen molar-refractivity contribution in [2.45, 2.75) is 20.8 Å². The fourth-order valence-corrected chi connectivity index (χ4v) is 1.28. The topological polar surface area (TPSA) is 13.1 Å². The third kappa shape index (κ3) is 2.25. The van der Waals surface area contributed by atoms with Crippen molar-refractivity contribution < 1.29 is 4.42 Å². The molecule has 1 aromatic carbocycles. The van der Waals surface area contributed by atoms with Crippen LogP contribution in [0.2, 0.25) is 0 Å². The van der Waals surface area contributed by atoms with Crippen LogP contribution in [0.3, 0.4) is 0 Å². The molecule has 1 heterocycles. The van der Waals surface area contributed by atoms with Crippen LogP contribution >= 0.6 is 0 Å². The molecular formula is C13H16O. The van der Waals surface area contributed by atoms with Crippen molar-refractivity contribution >= 4 is 0 Å². The first-order valence-electron chi connectivity index (χ1n) is 4.97. The maximum absolute atomic E-state index is 5.30. The van der Waals surface area contributed by atoms with E-state index in [2.05, 4.69) is 19.1 Å². The minimum absolute atomic E-state index is 0.938. The molecule has 2 rings (SSSR count). The summed E-state index contributed by atoms with van der Waals surface area (Å²) in [7, 11) is 0. The van der Waals surface area contributed by atoms with Gasteiger partial charge in [-0.1, -0.05) is 38.1 Å². The highest BCUT2D eigenvalue weighted by Gasteiger charge is 2.01. The summed E-state index contributed by atoms with van der Waals surface area (Å²) in [5.74, 6) is 0.938. The van der Waals surface area contributed by atoms with Gasteiger partial charge in [0.1, 0.15) is 5.76 Å². The van der Waals surface area contributed by atoms with Gasteiger partial charge in [-0.05, 0) is 24.6 Å². The Hall–Kier alpha value is -1.50. The molecule has 0 spiro atoms. The SMILES string of the molecule is CC.Cc1ccccc1-c1ccco1. The average molecular weight is 188 g/mol. The second kappa shape index (κ2) is 5.28. The molecule has 0 aliphatic heterocycles. The lowest BCUT2D eigenvalue weighted by atomic mass is 10.1. The Morgan fingerprint density at radius 2 is 1.64 bits per heavy atom. The lowest BCUT2D eigenvalue weighted by Gasteiger charge is -1.99. The summed E-state index contributed by atoms with van der Waals surface area (Å²) >= 11 is 0. The first-order chi connectivity index (χ1) is 6.88. The number of benzene rings is 1. The van der Waals surface area contributed by atoms with Crippen LogP contribution in [0.4, 0.5) is 0 Å². The lowest BCUT2D eigenvalue weighted by molar-refractivity contribution is 0.582. The highest BCUT2D eigenvalue weighted by molar-refractivity contribution is 5.61. The standard InChI is InChI=1S/C11H10O.C2H6/c1-9-5-2-3-6-10(9)11-7-4-8-12-11;1-2/h2-8H,1H3;1-2H3. The van der Waals surface area contributed by atoms with Gasteiger partial charge >= 0.3 is 0 Å². The quantitative estimate of drug-likeness (QED) is 0.651. The molecule has 0 amide bonds. The molecule has 0 N–H and O–H groups in total. The van der Waals surface area contributed by atoms with Gasteiger partial charge in [0.15, 0.2) is 0 Å². The molecule has 0 atom stereocenters. The van der Waals surface area contributed by atoms with Crippen LogP contribution in [0, 0.1) is 6.92 Å². The summed E-state index contributed by atoms with van der Waals surface area (Å²) in [6.07, 6.45) is 1.70. The van der Waals surface area contributed by atoms with Crippen LogP contribution in [-0.4, -0.2) is 0 Å². The molecule has 0 aliphatic rings. The van der Waals surface area contributed by atoms with E-state index in [4.69, 9.17) is 4.42 Å². The molecule has 74 valence electrons. The Kier molecular flexibility index (Phi) is 3.99. The molecule has 0 saturated carbocycles. The van der Waals surface area contributed by atoms with Gasteiger partial charge in [-0.25, -0.2) is 0 Å². The van der Waals surface area contributed by atoms with Crippen molar-refractivity contribution in [1.29, 1.82) is 0 Å². The normalized spacial score (nSPS) is 9.07. The zero-order chi connectivity index (χ0) is 10.4. The van der Waals surface area contributed by atoms with Crippen molar-refractivity contribution in [2.24, 2.45) is 0 Å². The highest BCUT2D eigenvalue weighted by Crippen LogP contribution is 2.22.